The van der Waals surface area contributed by atoms with Gasteiger partial charge in [0.1, 0.15) is 0 Å². The van der Waals surface area contributed by atoms with Crippen LogP contribution in [0.2, 0.25) is 0 Å². The van der Waals surface area contributed by atoms with E-state index >= 15 is 0 Å². The van der Waals surface area contributed by atoms with Crippen molar-refractivity contribution in [1.82, 2.24) is 0 Å². The maximum atomic E-state index is 9.16. The molecule has 0 saturated carbocycles. The molecule has 0 heterocycles. The second-order valence-electron chi connectivity index (χ2n) is 0.307. The van der Waals surface area contributed by atoms with Crippen LogP contribution in [0.5, 0.6) is 0 Å². The van der Waals surface area contributed by atoms with Gasteiger partial charge in [0.05, 0.1) is 11.9 Å². The highest BCUT2D eigenvalue weighted by Gasteiger charge is 1.81. The molecular weight excluding hydrogens is 114 g/mol. The predicted molar refractivity (Wildman–Crippen MR) is 16.8 cm³/mol. The average Bonchev–Trinajstić information content (AvgIpc) is 1.38. The molecule has 1 atom stereocenters. The third-order valence-corrected chi connectivity index (χ3v) is 0.531. The number of hydrogen-bond donors (Lipinski definition) is 1. The Morgan fingerprint density at radius 1 is 2.00 bits per heavy atom. The van der Waals surface area contributed by atoms with Crippen LogP contribution in [0.3, 0.4) is 0 Å². The first-order valence-corrected chi connectivity index (χ1v) is 2.16. The van der Waals surface area contributed by atoms with Gasteiger partial charge in [-0.25, -0.2) is 4.57 Å². The summed E-state index contributed by atoms with van der Waals surface area (Å²) < 4.78 is 12.4. The zero-order chi connectivity index (χ0) is 4.28. The van der Waals surface area contributed by atoms with Crippen molar-refractivity contribution in [1.29, 1.82) is 0 Å². The Bertz CT molecular complexity index is 42.2. The van der Waals surface area contributed by atoms with Crippen LogP contribution in [0, 0.1) is 0 Å². The zero-order valence-electron chi connectivity index (χ0n) is 2.09. The van der Waals surface area contributed by atoms with Gasteiger partial charge in [-0.3, -0.25) is 4.89 Å². The molecule has 0 aliphatic rings. The average molecular weight is 115 g/mol. The molecule has 0 rings (SSSR count). The minimum Gasteiger partial charge on any atom is -0.297 e. The van der Waals surface area contributed by atoms with Gasteiger partial charge < -0.3 is 0 Å². The van der Waals surface area contributed by atoms with Gasteiger partial charge in [-0.1, -0.05) is 0 Å². The van der Waals surface area contributed by atoms with E-state index in [0.717, 1.165) is 0 Å². The lowest BCUT2D eigenvalue weighted by Crippen LogP contribution is -1.45. The van der Waals surface area contributed by atoms with Crippen LogP contribution in [0.15, 0.2) is 0 Å². The van der Waals surface area contributed by atoms with Crippen LogP contribution >= 0.6 is 20.1 Å². The van der Waals surface area contributed by atoms with E-state index in [1.165, 1.54) is 0 Å². The van der Waals surface area contributed by atoms with E-state index in [4.69, 9.17) is 9.46 Å². The van der Waals surface area contributed by atoms with Gasteiger partial charge in [-0.2, -0.15) is 4.08 Å². The summed E-state index contributed by atoms with van der Waals surface area (Å²) in [5.41, 5.74) is 0. The van der Waals surface area contributed by atoms with E-state index in [-0.39, 0.29) is 0 Å². The first-order valence-electron chi connectivity index (χ1n) is 0.719. The van der Waals surface area contributed by atoms with Crippen LogP contribution < -0.4 is 0 Å². The van der Waals surface area contributed by atoms with Crippen molar-refractivity contribution in [2.45, 2.75) is 0 Å². The lowest BCUT2D eigenvalue weighted by molar-refractivity contribution is 0.425. The van der Waals surface area contributed by atoms with Crippen molar-refractivity contribution >= 4 is 20.1 Å². The van der Waals surface area contributed by atoms with Crippen molar-refractivity contribution in [3.63, 3.8) is 0 Å². The normalized spacial score (nSPS) is 11.2. The fraction of sp³-hybridized carbons (Fsp3) is 0. The molecule has 0 saturated heterocycles. The predicted octanol–water partition coefficient (Wildman–Crippen LogP) is 0.806. The van der Waals surface area contributed by atoms with Crippen LogP contribution in [-0.2, 0) is 8.64 Å². The van der Waals surface area contributed by atoms with Crippen molar-refractivity contribution in [3.8, 4) is 0 Å². The van der Waals surface area contributed by atoms with Gasteiger partial charge in [0, 0.05) is 0 Å². The van der Waals surface area contributed by atoms with Gasteiger partial charge in [0.2, 0.25) is 0 Å². The zero-order valence-corrected chi connectivity index (χ0v) is 3.74. The Morgan fingerprint density at radius 2 is 2.20 bits per heavy atom. The Kier molecular flexibility index (Phi) is 2.70. The second-order valence-corrected chi connectivity index (χ2v) is 1.33. The Balaban J connectivity index is 2.85. The molecule has 1 radical (unpaired) electrons. The minimum absolute atomic E-state index is 2.58. The third kappa shape index (κ3) is 4.31. The molecule has 0 aromatic carbocycles. The van der Waals surface area contributed by atoms with E-state index in [1.807, 2.05) is 0 Å². The second kappa shape index (κ2) is 2.54. The largest absolute Gasteiger partial charge is 0.383 e. The lowest BCUT2D eigenvalue weighted by Gasteiger charge is -1.70. The molecule has 31 valence electrons. The maximum Gasteiger partial charge on any atom is 0.383 e. The van der Waals surface area contributed by atoms with Crippen LogP contribution in [-0.4, -0.2) is 4.89 Å². The lowest BCUT2D eigenvalue weighted by atomic mass is 15.8. The summed E-state index contributed by atoms with van der Waals surface area (Å²) >= 11 is 4.30. The smallest absolute Gasteiger partial charge is 0.297 e. The fourth-order valence-electron chi connectivity index (χ4n) is 0. The van der Waals surface area contributed by atoms with Gasteiger partial charge in [0.15, 0.2) is 0 Å². The highest BCUT2D eigenvalue weighted by molar-refractivity contribution is 7.33. The highest BCUT2D eigenvalue weighted by Crippen LogP contribution is 2.15. The number of rotatable bonds is 1. The number of halogens is 1. The Hall–Kier alpha value is 0.310. The summed E-state index contributed by atoms with van der Waals surface area (Å²) in [5.74, 6) is 0. The summed E-state index contributed by atoms with van der Waals surface area (Å²) in [6.45, 7) is 0. The van der Waals surface area contributed by atoms with E-state index in [0.29, 0.717) is 0 Å². The van der Waals surface area contributed by atoms with E-state index < -0.39 is 8.25 Å². The molecular formula is HClO3P. The first-order chi connectivity index (χ1) is 2.27. The van der Waals surface area contributed by atoms with Crippen molar-refractivity contribution < 1.29 is 13.5 Å². The molecule has 0 spiro atoms. The third-order valence-electron chi connectivity index (χ3n) is 0.0590. The van der Waals surface area contributed by atoms with E-state index in [9.17, 15) is 0 Å². The van der Waals surface area contributed by atoms with Crippen LogP contribution in [0.25, 0.3) is 0 Å². The topological polar surface area (TPSA) is 46.5 Å². The quantitative estimate of drug-likeness (QED) is 0.515. The minimum atomic E-state index is -2.58. The van der Waals surface area contributed by atoms with Crippen molar-refractivity contribution in [3.05, 3.63) is 0 Å². The highest BCUT2D eigenvalue weighted by atomic mass is 35.5. The van der Waals surface area contributed by atoms with E-state index in [2.05, 4.69) is 15.9 Å². The van der Waals surface area contributed by atoms with Crippen molar-refractivity contribution in [2.75, 3.05) is 0 Å². The summed E-state index contributed by atoms with van der Waals surface area (Å²) in [6.07, 6.45) is 0. The van der Waals surface area contributed by atoms with E-state index in [1.54, 1.807) is 0 Å². The molecule has 0 aromatic heterocycles. The molecule has 1 N–H and O–H groups in total. The van der Waals surface area contributed by atoms with Gasteiger partial charge in [0.25, 0.3) is 0 Å². The van der Waals surface area contributed by atoms with Crippen LogP contribution in [0.4, 0.5) is 0 Å². The van der Waals surface area contributed by atoms with Gasteiger partial charge >= 0.3 is 8.25 Å². The summed E-state index contributed by atoms with van der Waals surface area (Å²) in [4.78, 5) is 7.52. The molecule has 0 fully saturated rings. The summed E-state index contributed by atoms with van der Waals surface area (Å²) in [5, 5.41) is 0. The molecule has 0 aromatic rings. The fourth-order valence-corrected chi connectivity index (χ4v) is 0. The number of hydrogen-bond acceptors (Lipinski definition) is 2. The standard InChI is InChI=1S/ClHO3P/c1-4-5(2)3/h(H,2,3). The Morgan fingerprint density at radius 3 is 2.20 bits per heavy atom. The Labute approximate surface area is 34.6 Å². The molecule has 0 aliphatic carbocycles. The van der Waals surface area contributed by atoms with Gasteiger partial charge in [-0.05, 0) is 0 Å². The molecule has 0 aliphatic heterocycles. The van der Waals surface area contributed by atoms with Crippen molar-refractivity contribution in [2.24, 2.45) is 0 Å². The van der Waals surface area contributed by atoms with Crippen LogP contribution in [0.1, 0.15) is 0 Å². The SMILES string of the molecule is O=[P](O)OCl. The summed E-state index contributed by atoms with van der Waals surface area (Å²) in [6, 6.07) is 0. The summed E-state index contributed by atoms with van der Waals surface area (Å²) in [7, 11) is -2.58. The monoisotopic (exact) mass is 115 g/mol. The van der Waals surface area contributed by atoms with Gasteiger partial charge in [-0.15, -0.1) is 0 Å². The molecule has 0 amide bonds. The molecule has 3 nitrogen and oxygen atoms in total. The molecule has 5 heavy (non-hydrogen) atoms. The molecule has 1 unspecified atom stereocenters. The first kappa shape index (κ1) is 5.31. The maximum absolute atomic E-state index is 9.16. The molecule has 5 heteroatoms. The molecule has 0 bridgehead atoms.